The number of hydrogen-bond donors (Lipinski definition) is 1. The van der Waals surface area contributed by atoms with E-state index in [0.29, 0.717) is 31.1 Å². The lowest BCUT2D eigenvalue weighted by Crippen LogP contribution is -2.40. The van der Waals surface area contributed by atoms with Gasteiger partial charge in [0.25, 0.3) is 5.91 Å². The topological polar surface area (TPSA) is 106 Å². The maximum atomic E-state index is 13.1. The summed E-state index contributed by atoms with van der Waals surface area (Å²) in [5, 5.41) is 2.92. The van der Waals surface area contributed by atoms with E-state index in [1.807, 2.05) is 25.1 Å². The molecule has 1 fully saturated rings. The minimum absolute atomic E-state index is 0.126. The Kier molecular flexibility index (Phi) is 8.26. The highest BCUT2D eigenvalue weighted by Crippen LogP contribution is 2.32. The number of nitrogens with zero attached hydrogens (tertiary/aromatic N) is 4. The zero-order valence-electron chi connectivity index (χ0n) is 19.5. The summed E-state index contributed by atoms with van der Waals surface area (Å²) in [4.78, 5) is 38.0. The van der Waals surface area contributed by atoms with Crippen LogP contribution in [0.4, 0.5) is 0 Å². The van der Waals surface area contributed by atoms with Crippen molar-refractivity contribution in [3.8, 4) is 11.5 Å². The van der Waals surface area contributed by atoms with Crippen molar-refractivity contribution in [3.05, 3.63) is 47.5 Å². The molecule has 1 aromatic carbocycles. The summed E-state index contributed by atoms with van der Waals surface area (Å²) in [5.41, 5.74) is 1.96. The van der Waals surface area contributed by atoms with Gasteiger partial charge >= 0.3 is 0 Å². The van der Waals surface area contributed by atoms with Gasteiger partial charge < -0.3 is 24.4 Å². The van der Waals surface area contributed by atoms with E-state index < -0.39 is 0 Å². The van der Waals surface area contributed by atoms with Crippen LogP contribution in [0.15, 0.2) is 30.6 Å². The minimum Gasteiger partial charge on any atom is -0.454 e. The summed E-state index contributed by atoms with van der Waals surface area (Å²) >= 11 is 0. The zero-order chi connectivity index (χ0) is 23.8. The molecule has 2 amide bonds. The molecule has 10 nitrogen and oxygen atoms in total. The average molecular weight is 470 g/mol. The van der Waals surface area contributed by atoms with Crippen molar-refractivity contribution in [2.75, 3.05) is 52.7 Å². The number of rotatable bonds is 10. The van der Waals surface area contributed by atoms with Crippen molar-refractivity contribution >= 4 is 11.8 Å². The van der Waals surface area contributed by atoms with E-state index in [2.05, 4.69) is 20.2 Å². The molecule has 2 aromatic rings. The highest BCUT2D eigenvalue weighted by Gasteiger charge is 2.20. The second-order valence-corrected chi connectivity index (χ2v) is 8.36. The van der Waals surface area contributed by atoms with E-state index in [-0.39, 0.29) is 30.7 Å². The SMILES string of the molecule is Cc1cnc(C(=O)N(CCCN2CCOCC2)CCC(=O)NCc2ccc3c(c2)OCO3)cn1. The third-order valence-corrected chi connectivity index (χ3v) is 5.83. The number of carbonyl (C=O) groups is 2. The van der Waals surface area contributed by atoms with Crippen LogP contribution < -0.4 is 14.8 Å². The van der Waals surface area contributed by atoms with Gasteiger partial charge in [-0.2, -0.15) is 0 Å². The fourth-order valence-electron chi connectivity index (χ4n) is 3.87. The lowest BCUT2D eigenvalue weighted by molar-refractivity contribution is -0.121. The number of fused-ring (bicyclic) bond motifs is 1. The van der Waals surface area contributed by atoms with E-state index in [1.54, 1.807) is 11.1 Å². The number of carbonyl (C=O) groups excluding carboxylic acids is 2. The summed E-state index contributed by atoms with van der Waals surface area (Å²) in [6.07, 6.45) is 4.08. The summed E-state index contributed by atoms with van der Waals surface area (Å²) in [5.74, 6) is 1.06. The van der Waals surface area contributed by atoms with Crippen molar-refractivity contribution in [2.45, 2.75) is 26.3 Å². The van der Waals surface area contributed by atoms with Crippen molar-refractivity contribution in [2.24, 2.45) is 0 Å². The molecule has 0 radical (unpaired) electrons. The summed E-state index contributed by atoms with van der Waals surface area (Å²) < 4.78 is 16.1. The molecule has 0 aliphatic carbocycles. The lowest BCUT2D eigenvalue weighted by Gasteiger charge is -2.28. The standard InChI is InChI=1S/C24H31N5O5/c1-18-14-26-20(16-25-18)24(31)29(7-2-6-28-9-11-32-12-10-28)8-5-23(30)27-15-19-3-4-21-22(13-19)34-17-33-21/h3-4,13-14,16H,2,5-12,15,17H2,1H3,(H,27,30). The maximum absolute atomic E-state index is 13.1. The molecule has 34 heavy (non-hydrogen) atoms. The van der Waals surface area contributed by atoms with Crippen LogP contribution in [0.5, 0.6) is 11.5 Å². The van der Waals surface area contributed by atoms with Gasteiger partial charge in [-0.15, -0.1) is 0 Å². The highest BCUT2D eigenvalue weighted by atomic mass is 16.7. The van der Waals surface area contributed by atoms with Gasteiger partial charge in [0.2, 0.25) is 12.7 Å². The number of nitrogens with one attached hydrogen (secondary N) is 1. The van der Waals surface area contributed by atoms with Crippen LogP contribution in [0.1, 0.15) is 34.6 Å². The molecule has 1 N–H and O–H groups in total. The first-order chi connectivity index (χ1) is 16.6. The van der Waals surface area contributed by atoms with Gasteiger partial charge in [-0.05, 0) is 31.0 Å². The molecule has 0 spiro atoms. The molecule has 0 atom stereocenters. The zero-order valence-corrected chi connectivity index (χ0v) is 19.5. The van der Waals surface area contributed by atoms with Crippen LogP contribution in [0, 0.1) is 6.92 Å². The molecule has 182 valence electrons. The minimum atomic E-state index is -0.210. The van der Waals surface area contributed by atoms with E-state index >= 15 is 0 Å². The molecule has 0 bridgehead atoms. The predicted molar refractivity (Wildman–Crippen MR) is 124 cm³/mol. The number of hydrogen-bond acceptors (Lipinski definition) is 8. The molecule has 0 saturated carbocycles. The van der Waals surface area contributed by atoms with E-state index in [9.17, 15) is 9.59 Å². The van der Waals surface area contributed by atoms with Gasteiger partial charge in [-0.3, -0.25) is 19.5 Å². The molecule has 10 heteroatoms. The molecule has 2 aliphatic heterocycles. The van der Waals surface area contributed by atoms with Crippen LogP contribution in [-0.2, 0) is 16.1 Å². The van der Waals surface area contributed by atoms with Gasteiger partial charge in [0.15, 0.2) is 11.5 Å². The Morgan fingerprint density at radius 3 is 2.71 bits per heavy atom. The van der Waals surface area contributed by atoms with Gasteiger partial charge in [-0.25, -0.2) is 4.98 Å². The normalized spacial score (nSPS) is 15.2. The number of amides is 2. The van der Waals surface area contributed by atoms with E-state index in [4.69, 9.17) is 14.2 Å². The maximum Gasteiger partial charge on any atom is 0.274 e. The Morgan fingerprint density at radius 2 is 1.91 bits per heavy atom. The van der Waals surface area contributed by atoms with Crippen molar-refractivity contribution < 1.29 is 23.8 Å². The highest BCUT2D eigenvalue weighted by molar-refractivity contribution is 5.92. The Bertz CT molecular complexity index is 978. The monoisotopic (exact) mass is 469 g/mol. The second kappa shape index (κ2) is 11.8. The fourth-order valence-corrected chi connectivity index (χ4v) is 3.87. The van der Waals surface area contributed by atoms with Gasteiger partial charge in [-0.1, -0.05) is 6.07 Å². The third kappa shape index (κ3) is 6.64. The Hall–Kier alpha value is -3.24. The van der Waals surface area contributed by atoms with Crippen molar-refractivity contribution in [1.29, 1.82) is 0 Å². The number of ether oxygens (including phenoxy) is 3. The molecule has 1 saturated heterocycles. The quantitative estimate of drug-likeness (QED) is 0.556. The molecular formula is C24H31N5O5. The van der Waals surface area contributed by atoms with E-state index in [1.165, 1.54) is 6.20 Å². The molecule has 3 heterocycles. The predicted octanol–water partition coefficient (Wildman–Crippen LogP) is 1.38. The van der Waals surface area contributed by atoms with Crippen LogP contribution in [0.25, 0.3) is 0 Å². The Morgan fingerprint density at radius 1 is 1.09 bits per heavy atom. The van der Waals surface area contributed by atoms with Crippen molar-refractivity contribution in [3.63, 3.8) is 0 Å². The van der Waals surface area contributed by atoms with E-state index in [0.717, 1.165) is 50.5 Å². The average Bonchev–Trinajstić information content (AvgIpc) is 3.33. The Labute approximate surface area is 199 Å². The Balaban J connectivity index is 1.29. The number of aromatic nitrogens is 2. The van der Waals surface area contributed by atoms with Crippen molar-refractivity contribution in [1.82, 2.24) is 25.1 Å². The third-order valence-electron chi connectivity index (χ3n) is 5.83. The number of aryl methyl sites for hydroxylation is 1. The first-order valence-corrected chi connectivity index (χ1v) is 11.6. The van der Waals surface area contributed by atoms with Crippen LogP contribution >= 0.6 is 0 Å². The fraction of sp³-hybridized carbons (Fsp3) is 0.500. The second-order valence-electron chi connectivity index (χ2n) is 8.36. The number of benzene rings is 1. The van der Waals surface area contributed by atoms with Gasteiger partial charge in [0, 0.05) is 51.9 Å². The summed E-state index contributed by atoms with van der Waals surface area (Å²) in [7, 11) is 0. The molecular weight excluding hydrogens is 438 g/mol. The van der Waals surface area contributed by atoms with Crippen LogP contribution in [0.2, 0.25) is 0 Å². The van der Waals surface area contributed by atoms with Gasteiger partial charge in [0.05, 0.1) is 25.1 Å². The molecule has 1 aromatic heterocycles. The first kappa shape index (κ1) is 23.9. The smallest absolute Gasteiger partial charge is 0.274 e. The number of morpholine rings is 1. The lowest BCUT2D eigenvalue weighted by atomic mass is 10.2. The summed E-state index contributed by atoms with van der Waals surface area (Å²) in [6, 6.07) is 5.59. The first-order valence-electron chi connectivity index (χ1n) is 11.6. The molecule has 0 unspecified atom stereocenters. The largest absolute Gasteiger partial charge is 0.454 e. The molecule has 4 rings (SSSR count). The molecule has 2 aliphatic rings. The van der Waals surface area contributed by atoms with Crippen LogP contribution in [0.3, 0.4) is 0 Å². The van der Waals surface area contributed by atoms with Gasteiger partial charge in [0.1, 0.15) is 5.69 Å². The van der Waals surface area contributed by atoms with Crippen LogP contribution in [-0.4, -0.2) is 84.3 Å². The summed E-state index contributed by atoms with van der Waals surface area (Å²) in [6.45, 7) is 7.44.